The van der Waals surface area contributed by atoms with E-state index in [1.54, 1.807) is 21.3 Å². The Labute approximate surface area is 118 Å². The number of nitrogens with one attached hydrogen (secondary N) is 1. The second kappa shape index (κ2) is 8.14. The first kappa shape index (κ1) is 15.9. The molecule has 6 heteroatoms. The minimum absolute atomic E-state index is 0.191. The SMILES string of the molecule is COc1cc(NCCCCC(=O)O)cc(OC)c1OC. The maximum absolute atomic E-state index is 10.4. The van der Waals surface area contributed by atoms with Gasteiger partial charge in [0.05, 0.1) is 21.3 Å². The lowest BCUT2D eigenvalue weighted by atomic mass is 10.2. The van der Waals surface area contributed by atoms with E-state index in [9.17, 15) is 4.79 Å². The maximum atomic E-state index is 10.4. The highest BCUT2D eigenvalue weighted by Crippen LogP contribution is 2.39. The summed E-state index contributed by atoms with van der Waals surface area (Å²) in [4.78, 5) is 10.4. The van der Waals surface area contributed by atoms with Crippen LogP contribution in [0, 0.1) is 0 Å². The molecule has 1 rings (SSSR count). The highest BCUT2D eigenvalue weighted by molar-refractivity contribution is 5.66. The van der Waals surface area contributed by atoms with Gasteiger partial charge < -0.3 is 24.6 Å². The minimum Gasteiger partial charge on any atom is -0.493 e. The largest absolute Gasteiger partial charge is 0.493 e. The first-order valence-electron chi connectivity index (χ1n) is 6.38. The van der Waals surface area contributed by atoms with Crippen LogP contribution in [-0.2, 0) is 4.79 Å². The summed E-state index contributed by atoms with van der Waals surface area (Å²) in [6, 6.07) is 3.64. The van der Waals surface area contributed by atoms with E-state index in [1.807, 2.05) is 12.1 Å². The van der Waals surface area contributed by atoms with Crippen LogP contribution >= 0.6 is 0 Å². The summed E-state index contributed by atoms with van der Waals surface area (Å²) in [7, 11) is 4.68. The molecular formula is C14H21NO5. The molecule has 112 valence electrons. The van der Waals surface area contributed by atoms with E-state index in [2.05, 4.69) is 5.32 Å². The molecule has 0 amide bonds. The Morgan fingerprint density at radius 3 is 2.15 bits per heavy atom. The Hall–Kier alpha value is -2.11. The van der Waals surface area contributed by atoms with Gasteiger partial charge in [0.25, 0.3) is 0 Å². The number of ether oxygens (including phenoxy) is 3. The number of carbonyl (C=O) groups is 1. The molecule has 0 saturated carbocycles. The Morgan fingerprint density at radius 2 is 1.70 bits per heavy atom. The summed E-state index contributed by atoms with van der Waals surface area (Å²) in [5.41, 5.74) is 0.842. The highest BCUT2D eigenvalue weighted by atomic mass is 16.5. The molecule has 0 heterocycles. The standard InChI is InChI=1S/C14H21NO5/c1-18-11-8-10(9-12(19-2)14(11)20-3)15-7-5-4-6-13(16)17/h8-9,15H,4-7H2,1-3H3,(H,16,17). The number of methoxy groups -OCH3 is 3. The van der Waals surface area contributed by atoms with Crippen LogP contribution in [0.3, 0.4) is 0 Å². The van der Waals surface area contributed by atoms with Crippen molar-refractivity contribution in [3.63, 3.8) is 0 Å². The number of unbranched alkanes of at least 4 members (excludes halogenated alkanes) is 1. The van der Waals surface area contributed by atoms with Crippen molar-refractivity contribution in [3.8, 4) is 17.2 Å². The summed E-state index contributed by atoms with van der Waals surface area (Å²) in [6.07, 6.45) is 1.62. The van der Waals surface area contributed by atoms with Gasteiger partial charge in [0.15, 0.2) is 11.5 Å². The second-order valence-corrected chi connectivity index (χ2v) is 4.19. The van der Waals surface area contributed by atoms with E-state index >= 15 is 0 Å². The lowest BCUT2D eigenvalue weighted by Crippen LogP contribution is -2.04. The van der Waals surface area contributed by atoms with Crippen molar-refractivity contribution in [1.29, 1.82) is 0 Å². The number of rotatable bonds is 9. The summed E-state index contributed by atoms with van der Waals surface area (Å²) >= 11 is 0. The molecule has 6 nitrogen and oxygen atoms in total. The molecule has 0 unspecified atom stereocenters. The Kier molecular flexibility index (Phi) is 6.49. The number of aliphatic carboxylic acids is 1. The van der Waals surface area contributed by atoms with E-state index in [0.717, 1.165) is 12.1 Å². The lowest BCUT2D eigenvalue weighted by Gasteiger charge is -2.15. The van der Waals surface area contributed by atoms with Gasteiger partial charge in [0, 0.05) is 30.8 Å². The fraction of sp³-hybridized carbons (Fsp3) is 0.500. The maximum Gasteiger partial charge on any atom is 0.303 e. The number of carboxylic acid groups (broad SMARTS) is 1. The van der Waals surface area contributed by atoms with Gasteiger partial charge in [-0.3, -0.25) is 4.79 Å². The molecular weight excluding hydrogens is 262 g/mol. The predicted molar refractivity (Wildman–Crippen MR) is 76.1 cm³/mol. The molecule has 0 atom stereocenters. The fourth-order valence-corrected chi connectivity index (χ4v) is 1.82. The van der Waals surface area contributed by atoms with Gasteiger partial charge in [-0.1, -0.05) is 0 Å². The van der Waals surface area contributed by atoms with E-state index in [1.165, 1.54) is 0 Å². The van der Waals surface area contributed by atoms with Crippen molar-refractivity contribution in [2.75, 3.05) is 33.2 Å². The Bertz CT molecular complexity index is 422. The fourth-order valence-electron chi connectivity index (χ4n) is 1.82. The van der Waals surface area contributed by atoms with Crippen molar-refractivity contribution in [2.24, 2.45) is 0 Å². The molecule has 0 bridgehead atoms. The number of anilines is 1. The van der Waals surface area contributed by atoms with Crippen LogP contribution in [0.15, 0.2) is 12.1 Å². The number of hydrogen-bond acceptors (Lipinski definition) is 5. The van der Waals surface area contributed by atoms with Crippen LogP contribution in [0.1, 0.15) is 19.3 Å². The third-order valence-corrected chi connectivity index (χ3v) is 2.81. The molecule has 20 heavy (non-hydrogen) atoms. The van der Waals surface area contributed by atoms with Crippen molar-refractivity contribution in [3.05, 3.63) is 12.1 Å². The molecule has 0 aliphatic heterocycles. The average molecular weight is 283 g/mol. The third kappa shape index (κ3) is 4.53. The van der Waals surface area contributed by atoms with Gasteiger partial charge in [-0.05, 0) is 12.8 Å². The van der Waals surface area contributed by atoms with Crippen molar-refractivity contribution >= 4 is 11.7 Å². The molecule has 1 aromatic rings. The van der Waals surface area contributed by atoms with Crippen molar-refractivity contribution in [2.45, 2.75) is 19.3 Å². The normalized spacial score (nSPS) is 9.95. The van der Waals surface area contributed by atoms with Crippen LogP contribution in [0.25, 0.3) is 0 Å². The summed E-state index contributed by atoms with van der Waals surface area (Å²) in [5, 5.41) is 11.8. The molecule has 0 fully saturated rings. The quantitative estimate of drug-likeness (QED) is 0.678. The summed E-state index contributed by atoms with van der Waals surface area (Å²) < 4.78 is 15.8. The van der Waals surface area contributed by atoms with Crippen LogP contribution in [0.2, 0.25) is 0 Å². The summed E-state index contributed by atoms with van der Waals surface area (Å²) in [6.45, 7) is 0.686. The van der Waals surface area contributed by atoms with Gasteiger partial charge in [-0.2, -0.15) is 0 Å². The zero-order chi connectivity index (χ0) is 15.0. The van der Waals surface area contributed by atoms with Gasteiger partial charge in [0.2, 0.25) is 5.75 Å². The number of benzene rings is 1. The minimum atomic E-state index is -0.766. The highest BCUT2D eigenvalue weighted by Gasteiger charge is 2.12. The number of hydrogen-bond donors (Lipinski definition) is 2. The smallest absolute Gasteiger partial charge is 0.303 e. The van der Waals surface area contributed by atoms with E-state index in [4.69, 9.17) is 19.3 Å². The first-order valence-corrected chi connectivity index (χ1v) is 6.38. The average Bonchev–Trinajstić information content (AvgIpc) is 2.45. The van der Waals surface area contributed by atoms with Gasteiger partial charge in [-0.25, -0.2) is 0 Å². The molecule has 1 aromatic carbocycles. The molecule has 0 aliphatic carbocycles. The molecule has 2 N–H and O–H groups in total. The first-order chi connectivity index (χ1) is 9.62. The Balaban J connectivity index is 2.64. The van der Waals surface area contributed by atoms with Gasteiger partial charge in [0.1, 0.15) is 0 Å². The molecule has 0 spiro atoms. The van der Waals surface area contributed by atoms with Crippen molar-refractivity contribution in [1.82, 2.24) is 0 Å². The molecule has 0 aliphatic rings. The van der Waals surface area contributed by atoms with E-state index in [-0.39, 0.29) is 6.42 Å². The Morgan fingerprint density at radius 1 is 1.10 bits per heavy atom. The topological polar surface area (TPSA) is 77.0 Å². The lowest BCUT2D eigenvalue weighted by molar-refractivity contribution is -0.137. The van der Waals surface area contributed by atoms with Crippen LogP contribution in [-0.4, -0.2) is 38.9 Å². The zero-order valence-corrected chi connectivity index (χ0v) is 12.1. The van der Waals surface area contributed by atoms with E-state index in [0.29, 0.717) is 30.2 Å². The van der Waals surface area contributed by atoms with Crippen LogP contribution in [0.5, 0.6) is 17.2 Å². The predicted octanol–water partition coefficient (Wildman–Crippen LogP) is 2.38. The zero-order valence-electron chi connectivity index (χ0n) is 12.1. The monoisotopic (exact) mass is 283 g/mol. The molecule has 0 radical (unpaired) electrons. The van der Waals surface area contributed by atoms with Crippen LogP contribution < -0.4 is 19.5 Å². The van der Waals surface area contributed by atoms with Crippen molar-refractivity contribution < 1.29 is 24.1 Å². The third-order valence-electron chi connectivity index (χ3n) is 2.81. The second-order valence-electron chi connectivity index (χ2n) is 4.19. The number of carboxylic acids is 1. The van der Waals surface area contributed by atoms with E-state index < -0.39 is 5.97 Å². The summed E-state index contributed by atoms with van der Waals surface area (Å²) in [5.74, 6) is 0.948. The van der Waals surface area contributed by atoms with Gasteiger partial charge in [-0.15, -0.1) is 0 Å². The van der Waals surface area contributed by atoms with Gasteiger partial charge >= 0.3 is 5.97 Å². The molecule has 0 saturated heterocycles. The van der Waals surface area contributed by atoms with Crippen LogP contribution in [0.4, 0.5) is 5.69 Å². The molecule has 0 aromatic heterocycles.